The molecule has 2 amide bonds. The largest absolute Gasteiger partial charge is 0.355 e. The van der Waals surface area contributed by atoms with E-state index in [2.05, 4.69) is 12.2 Å². The fourth-order valence-corrected chi connectivity index (χ4v) is 2.21. The molecule has 0 aromatic heterocycles. The van der Waals surface area contributed by atoms with Gasteiger partial charge in [-0.2, -0.15) is 0 Å². The summed E-state index contributed by atoms with van der Waals surface area (Å²) in [4.78, 5) is 25.2. The van der Waals surface area contributed by atoms with Crippen LogP contribution in [-0.2, 0) is 9.59 Å². The number of hydrogen-bond donors (Lipinski definition) is 1. The number of carbonyl (C=O) groups is 2. The van der Waals surface area contributed by atoms with E-state index in [1.165, 1.54) is 11.8 Å². The number of hydrogen-bond acceptors (Lipinski definition) is 2. The molecule has 0 atom stereocenters. The Morgan fingerprint density at radius 2 is 2.00 bits per heavy atom. The molecule has 0 spiro atoms. The van der Waals surface area contributed by atoms with Crippen LogP contribution in [0.3, 0.4) is 0 Å². The highest BCUT2D eigenvalue weighted by molar-refractivity contribution is 6.31. The first-order valence-corrected chi connectivity index (χ1v) is 7.64. The van der Waals surface area contributed by atoms with Crippen molar-refractivity contribution in [2.45, 2.75) is 40.0 Å². The van der Waals surface area contributed by atoms with Crippen molar-refractivity contribution in [3.8, 4) is 0 Å². The van der Waals surface area contributed by atoms with Crippen LogP contribution in [0.15, 0.2) is 18.2 Å². The van der Waals surface area contributed by atoms with Crippen LogP contribution in [0, 0.1) is 6.92 Å². The van der Waals surface area contributed by atoms with Gasteiger partial charge in [0.2, 0.25) is 11.8 Å². The molecule has 4 nitrogen and oxygen atoms in total. The van der Waals surface area contributed by atoms with Crippen molar-refractivity contribution in [3.05, 3.63) is 28.8 Å². The van der Waals surface area contributed by atoms with Crippen molar-refractivity contribution < 1.29 is 9.59 Å². The Bertz CT molecular complexity index is 503. The molecule has 1 aromatic carbocycles. The van der Waals surface area contributed by atoms with E-state index in [9.17, 15) is 9.59 Å². The molecular weight excluding hydrogens is 288 g/mol. The maximum absolute atomic E-state index is 12.0. The van der Waals surface area contributed by atoms with E-state index >= 15 is 0 Å². The van der Waals surface area contributed by atoms with Crippen LogP contribution in [0.5, 0.6) is 0 Å². The van der Waals surface area contributed by atoms with E-state index in [1.807, 2.05) is 13.0 Å². The number of benzene rings is 1. The molecule has 116 valence electrons. The van der Waals surface area contributed by atoms with Crippen LogP contribution in [0.2, 0.25) is 5.02 Å². The van der Waals surface area contributed by atoms with E-state index in [4.69, 9.17) is 11.6 Å². The molecule has 0 radical (unpaired) electrons. The molecule has 0 saturated carbocycles. The molecule has 0 saturated heterocycles. The lowest BCUT2D eigenvalue weighted by molar-refractivity contribution is -0.123. The summed E-state index contributed by atoms with van der Waals surface area (Å²) >= 11 is 5.98. The van der Waals surface area contributed by atoms with Gasteiger partial charge in [0.1, 0.15) is 6.54 Å². The summed E-state index contributed by atoms with van der Waals surface area (Å²) in [7, 11) is 0. The van der Waals surface area contributed by atoms with Crippen molar-refractivity contribution in [1.82, 2.24) is 5.32 Å². The van der Waals surface area contributed by atoms with Crippen LogP contribution in [-0.4, -0.2) is 24.9 Å². The number of nitrogens with one attached hydrogen (secondary N) is 1. The summed E-state index contributed by atoms with van der Waals surface area (Å²) in [6.07, 6.45) is 3.15. The second-order valence-electron chi connectivity index (χ2n) is 5.09. The van der Waals surface area contributed by atoms with E-state index in [0.717, 1.165) is 24.8 Å². The number of rotatable bonds is 7. The minimum Gasteiger partial charge on any atom is -0.355 e. The van der Waals surface area contributed by atoms with Gasteiger partial charge in [-0.3, -0.25) is 9.59 Å². The summed E-state index contributed by atoms with van der Waals surface area (Å²) in [6, 6.07) is 5.32. The Labute approximate surface area is 131 Å². The fourth-order valence-electron chi connectivity index (χ4n) is 2.04. The van der Waals surface area contributed by atoms with Crippen molar-refractivity contribution in [1.29, 1.82) is 0 Å². The summed E-state index contributed by atoms with van der Waals surface area (Å²) in [5.41, 5.74) is 1.59. The maximum atomic E-state index is 12.0. The van der Waals surface area contributed by atoms with Gasteiger partial charge in [-0.25, -0.2) is 0 Å². The lowest BCUT2D eigenvalue weighted by Gasteiger charge is -2.22. The van der Waals surface area contributed by atoms with Crippen LogP contribution in [0.1, 0.15) is 38.7 Å². The molecule has 21 heavy (non-hydrogen) atoms. The average Bonchev–Trinajstić information content (AvgIpc) is 2.43. The number of unbranched alkanes of at least 4 members (excludes halogenated alkanes) is 2. The first-order valence-electron chi connectivity index (χ1n) is 7.26. The van der Waals surface area contributed by atoms with Gasteiger partial charge in [-0.15, -0.1) is 0 Å². The molecule has 1 N–H and O–H groups in total. The molecule has 0 heterocycles. The molecule has 1 rings (SSSR count). The first kappa shape index (κ1) is 17.5. The summed E-state index contributed by atoms with van der Waals surface area (Å²) in [5, 5.41) is 3.39. The fraction of sp³-hybridized carbons (Fsp3) is 0.500. The smallest absolute Gasteiger partial charge is 0.240 e. The highest BCUT2D eigenvalue weighted by Crippen LogP contribution is 2.24. The summed E-state index contributed by atoms with van der Waals surface area (Å²) < 4.78 is 0. The second-order valence-corrected chi connectivity index (χ2v) is 5.53. The lowest BCUT2D eigenvalue weighted by Crippen LogP contribution is -2.40. The maximum Gasteiger partial charge on any atom is 0.240 e. The third-order valence-electron chi connectivity index (χ3n) is 3.25. The normalized spacial score (nSPS) is 10.3. The van der Waals surface area contributed by atoms with E-state index in [0.29, 0.717) is 17.3 Å². The molecule has 0 aliphatic rings. The SMILES string of the molecule is CCCCCNC(=O)CN(C(C)=O)c1cc(Cl)ccc1C. The van der Waals surface area contributed by atoms with Crippen LogP contribution < -0.4 is 10.2 Å². The number of nitrogens with zero attached hydrogens (tertiary/aromatic N) is 1. The number of aryl methyl sites for hydroxylation is 1. The van der Waals surface area contributed by atoms with Gasteiger partial charge in [0.05, 0.1) is 0 Å². The Morgan fingerprint density at radius 1 is 1.29 bits per heavy atom. The average molecular weight is 311 g/mol. The Morgan fingerprint density at radius 3 is 2.62 bits per heavy atom. The highest BCUT2D eigenvalue weighted by Gasteiger charge is 2.17. The first-order chi connectivity index (χ1) is 9.95. The number of anilines is 1. The van der Waals surface area contributed by atoms with Crippen molar-refractivity contribution in [3.63, 3.8) is 0 Å². The van der Waals surface area contributed by atoms with Crippen molar-refractivity contribution >= 4 is 29.1 Å². The summed E-state index contributed by atoms with van der Waals surface area (Å²) in [6.45, 7) is 6.11. The second kappa shape index (κ2) is 8.67. The standard InChI is InChI=1S/C16H23ClN2O2/c1-4-5-6-9-18-16(21)11-19(13(3)20)15-10-14(17)8-7-12(15)2/h7-8,10H,4-6,9,11H2,1-3H3,(H,18,21). The van der Waals surface area contributed by atoms with Gasteiger partial charge in [-0.05, 0) is 31.0 Å². The van der Waals surface area contributed by atoms with Gasteiger partial charge in [0, 0.05) is 24.2 Å². The molecule has 0 bridgehead atoms. The minimum atomic E-state index is -0.177. The third-order valence-corrected chi connectivity index (χ3v) is 3.48. The molecule has 0 aliphatic heterocycles. The van der Waals surface area contributed by atoms with Gasteiger partial charge in [0.15, 0.2) is 0 Å². The molecule has 5 heteroatoms. The van der Waals surface area contributed by atoms with Gasteiger partial charge < -0.3 is 10.2 Å². The number of halogens is 1. The highest BCUT2D eigenvalue weighted by atomic mass is 35.5. The van der Waals surface area contributed by atoms with Crippen LogP contribution in [0.4, 0.5) is 5.69 Å². The number of amides is 2. The van der Waals surface area contributed by atoms with Crippen LogP contribution >= 0.6 is 11.6 Å². The Hall–Kier alpha value is -1.55. The van der Waals surface area contributed by atoms with E-state index in [1.54, 1.807) is 12.1 Å². The topological polar surface area (TPSA) is 49.4 Å². The van der Waals surface area contributed by atoms with Crippen molar-refractivity contribution in [2.24, 2.45) is 0 Å². The minimum absolute atomic E-state index is 0.0165. The molecule has 0 aliphatic carbocycles. The van der Waals surface area contributed by atoms with Crippen LogP contribution in [0.25, 0.3) is 0 Å². The molecular formula is C16H23ClN2O2. The summed E-state index contributed by atoms with van der Waals surface area (Å²) in [5.74, 6) is -0.329. The zero-order valence-electron chi connectivity index (χ0n) is 12.9. The third kappa shape index (κ3) is 5.76. The van der Waals surface area contributed by atoms with Gasteiger partial charge in [-0.1, -0.05) is 37.4 Å². The quantitative estimate of drug-likeness (QED) is 0.786. The molecule has 0 fully saturated rings. The zero-order chi connectivity index (χ0) is 15.8. The predicted octanol–water partition coefficient (Wildman–Crippen LogP) is 3.31. The predicted molar refractivity (Wildman–Crippen MR) is 86.8 cm³/mol. The Balaban J connectivity index is 2.72. The van der Waals surface area contributed by atoms with E-state index < -0.39 is 0 Å². The number of carbonyl (C=O) groups excluding carboxylic acids is 2. The van der Waals surface area contributed by atoms with Crippen molar-refractivity contribution in [2.75, 3.05) is 18.0 Å². The molecule has 1 aromatic rings. The monoisotopic (exact) mass is 310 g/mol. The Kier molecular flexibility index (Phi) is 7.23. The van der Waals surface area contributed by atoms with Gasteiger partial charge >= 0.3 is 0 Å². The zero-order valence-corrected chi connectivity index (χ0v) is 13.7. The molecule has 0 unspecified atom stereocenters. The lowest BCUT2D eigenvalue weighted by atomic mass is 10.1. The van der Waals surface area contributed by atoms with E-state index in [-0.39, 0.29) is 18.4 Å². The van der Waals surface area contributed by atoms with Gasteiger partial charge in [0.25, 0.3) is 0 Å².